The number of nitro groups is 1. The predicted octanol–water partition coefficient (Wildman–Crippen LogP) is 0.846. The molecule has 1 aliphatic heterocycles. The fourth-order valence-electron chi connectivity index (χ4n) is 1.82. The van der Waals surface area contributed by atoms with Crippen molar-refractivity contribution in [2.24, 2.45) is 0 Å². The summed E-state index contributed by atoms with van der Waals surface area (Å²) in [6.07, 6.45) is 0.762. The maximum Gasteiger partial charge on any atom is 0.351 e. The van der Waals surface area contributed by atoms with Gasteiger partial charge >= 0.3 is 11.6 Å². The van der Waals surface area contributed by atoms with Gasteiger partial charge in [0.2, 0.25) is 0 Å². The second kappa shape index (κ2) is 4.88. The molecule has 7 nitrogen and oxygen atoms in total. The van der Waals surface area contributed by atoms with Crippen LogP contribution in [0.5, 0.6) is 0 Å². The van der Waals surface area contributed by atoms with Crippen molar-refractivity contribution in [1.82, 2.24) is 0 Å². The molecular formula is C13H8N2O5. The summed E-state index contributed by atoms with van der Waals surface area (Å²) >= 11 is 0. The lowest BCUT2D eigenvalue weighted by Gasteiger charge is -2.12. The van der Waals surface area contributed by atoms with Crippen LogP contribution in [-0.4, -0.2) is 22.5 Å². The van der Waals surface area contributed by atoms with Gasteiger partial charge in [0.1, 0.15) is 0 Å². The molecule has 7 heteroatoms. The summed E-state index contributed by atoms with van der Waals surface area (Å²) in [6, 6.07) is 7.67. The van der Waals surface area contributed by atoms with Gasteiger partial charge in [0.15, 0.2) is 11.4 Å². The van der Waals surface area contributed by atoms with Gasteiger partial charge in [-0.05, 0) is 18.2 Å². The number of carbonyl (C=O) groups excluding carboxylic acids is 3. The molecule has 0 spiro atoms. The largest absolute Gasteiger partial charge is 0.351 e. The lowest BCUT2D eigenvalue weighted by Crippen LogP contribution is -2.32. The van der Waals surface area contributed by atoms with Crippen molar-refractivity contribution in [1.29, 1.82) is 0 Å². The lowest BCUT2D eigenvalue weighted by atomic mass is 10.1. The molecule has 0 aromatic heterocycles. The second-order valence-corrected chi connectivity index (χ2v) is 3.83. The van der Waals surface area contributed by atoms with Gasteiger partial charge < -0.3 is 0 Å². The van der Waals surface area contributed by atoms with Gasteiger partial charge in [0.25, 0.3) is 5.91 Å². The van der Waals surface area contributed by atoms with Crippen LogP contribution in [0, 0.1) is 10.1 Å². The number of nitrogens with zero attached hydrogens (tertiary/aromatic N) is 2. The van der Waals surface area contributed by atoms with Crippen molar-refractivity contribution >= 4 is 23.3 Å². The summed E-state index contributed by atoms with van der Waals surface area (Å²) in [5.41, 5.74) is -1.63. The third kappa shape index (κ3) is 1.91. The topological polar surface area (TPSA) is 97.6 Å². The van der Waals surface area contributed by atoms with Crippen molar-refractivity contribution in [3.63, 3.8) is 0 Å². The van der Waals surface area contributed by atoms with Crippen molar-refractivity contribution in [2.45, 2.75) is 0 Å². The van der Waals surface area contributed by atoms with Gasteiger partial charge in [-0.25, -0.2) is 4.90 Å². The molecule has 20 heavy (non-hydrogen) atoms. The Bertz CT molecular complexity index is 675. The molecule has 0 atom stereocenters. The molecule has 1 aliphatic rings. The molecule has 0 bridgehead atoms. The lowest BCUT2D eigenvalue weighted by molar-refractivity contribution is -0.418. The van der Waals surface area contributed by atoms with E-state index in [0.717, 1.165) is 6.08 Å². The molecule has 1 heterocycles. The minimum Gasteiger partial charge on any atom is -0.289 e. The smallest absolute Gasteiger partial charge is 0.289 e. The predicted molar refractivity (Wildman–Crippen MR) is 68.2 cm³/mol. The molecule has 0 radical (unpaired) electrons. The van der Waals surface area contributed by atoms with Gasteiger partial charge in [0, 0.05) is 0 Å². The normalized spacial score (nSPS) is 14.7. The Labute approximate surface area is 112 Å². The number of amides is 2. The third-order valence-electron chi connectivity index (χ3n) is 2.69. The first-order chi connectivity index (χ1) is 9.49. The summed E-state index contributed by atoms with van der Waals surface area (Å²) < 4.78 is 0. The zero-order chi connectivity index (χ0) is 14.9. The number of ketones is 1. The number of benzene rings is 1. The van der Waals surface area contributed by atoms with E-state index < -0.39 is 33.8 Å². The molecule has 2 amide bonds. The maximum atomic E-state index is 12.1. The summed E-state index contributed by atoms with van der Waals surface area (Å²) in [6.45, 7) is 3.17. The zero-order valence-corrected chi connectivity index (χ0v) is 10.1. The highest BCUT2D eigenvalue weighted by Crippen LogP contribution is 2.27. The quantitative estimate of drug-likeness (QED) is 0.266. The maximum absolute atomic E-state index is 12.1. The van der Waals surface area contributed by atoms with Gasteiger partial charge in [-0.2, -0.15) is 0 Å². The molecule has 0 saturated heterocycles. The summed E-state index contributed by atoms with van der Waals surface area (Å²) in [7, 11) is 0. The first-order valence-corrected chi connectivity index (χ1v) is 5.48. The molecule has 0 fully saturated rings. The number of carbonyl (C=O) groups is 3. The molecule has 100 valence electrons. The van der Waals surface area contributed by atoms with E-state index in [1.165, 1.54) is 12.1 Å². The van der Waals surface area contributed by atoms with Crippen molar-refractivity contribution in [2.75, 3.05) is 4.90 Å². The molecule has 0 N–H and O–H groups in total. The second-order valence-electron chi connectivity index (χ2n) is 3.83. The molecule has 1 aromatic rings. The molecular weight excluding hydrogens is 264 g/mol. The SMILES string of the molecule is C=CC(=O)C1=C([N+](=O)[O-])C(=O)N(c2ccccc2)C1=O. The van der Waals surface area contributed by atoms with E-state index in [4.69, 9.17) is 0 Å². The van der Waals surface area contributed by atoms with Crippen LogP contribution in [0.25, 0.3) is 0 Å². The number of hydrogen-bond donors (Lipinski definition) is 0. The van der Waals surface area contributed by atoms with Gasteiger partial charge in [-0.15, -0.1) is 0 Å². The molecule has 1 aromatic carbocycles. The van der Waals surface area contributed by atoms with Crippen LogP contribution in [0.15, 0.2) is 54.3 Å². The Morgan fingerprint density at radius 2 is 1.80 bits per heavy atom. The van der Waals surface area contributed by atoms with Gasteiger partial charge in [0.05, 0.1) is 10.6 Å². The van der Waals surface area contributed by atoms with Crippen LogP contribution < -0.4 is 4.90 Å². The van der Waals surface area contributed by atoms with Crippen molar-refractivity contribution in [3.8, 4) is 0 Å². The Hall–Kier alpha value is -3.09. The van der Waals surface area contributed by atoms with Crippen LogP contribution in [0.4, 0.5) is 5.69 Å². The van der Waals surface area contributed by atoms with E-state index in [1.54, 1.807) is 18.2 Å². The van der Waals surface area contributed by atoms with Crippen LogP contribution in [-0.2, 0) is 14.4 Å². The number of hydrogen-bond acceptors (Lipinski definition) is 5. The van der Waals surface area contributed by atoms with E-state index in [1.807, 2.05) is 0 Å². The molecule has 0 unspecified atom stereocenters. The monoisotopic (exact) mass is 272 g/mol. The summed E-state index contributed by atoms with van der Waals surface area (Å²) in [5.74, 6) is -3.09. The van der Waals surface area contributed by atoms with Crippen LogP contribution in [0.2, 0.25) is 0 Å². The van der Waals surface area contributed by atoms with Crippen LogP contribution in [0.3, 0.4) is 0 Å². The highest BCUT2D eigenvalue weighted by molar-refractivity contribution is 6.42. The van der Waals surface area contributed by atoms with Gasteiger partial charge in [-0.1, -0.05) is 24.8 Å². The molecule has 0 aliphatic carbocycles. The highest BCUT2D eigenvalue weighted by Gasteiger charge is 2.49. The van der Waals surface area contributed by atoms with Crippen molar-refractivity contribution < 1.29 is 19.3 Å². The Balaban J connectivity index is 2.58. The summed E-state index contributed by atoms with van der Waals surface area (Å²) in [4.78, 5) is 46.2. The number of rotatable bonds is 4. The first-order valence-electron chi connectivity index (χ1n) is 5.48. The first kappa shape index (κ1) is 13.3. The number of allylic oxidation sites excluding steroid dienone is 1. The number of anilines is 1. The van der Waals surface area contributed by atoms with E-state index in [9.17, 15) is 24.5 Å². The Kier molecular flexibility index (Phi) is 3.26. The molecule has 0 saturated carbocycles. The van der Waals surface area contributed by atoms with Gasteiger partial charge in [-0.3, -0.25) is 24.5 Å². The Morgan fingerprint density at radius 3 is 2.30 bits per heavy atom. The van der Waals surface area contributed by atoms with Crippen LogP contribution in [0.1, 0.15) is 0 Å². The third-order valence-corrected chi connectivity index (χ3v) is 2.69. The van der Waals surface area contributed by atoms with E-state index in [2.05, 4.69) is 6.58 Å². The highest BCUT2D eigenvalue weighted by atomic mass is 16.6. The Morgan fingerprint density at radius 1 is 1.20 bits per heavy atom. The fraction of sp³-hybridized carbons (Fsp3) is 0. The summed E-state index contributed by atoms with van der Waals surface area (Å²) in [5, 5.41) is 10.9. The fourth-order valence-corrected chi connectivity index (χ4v) is 1.82. The number of para-hydroxylation sites is 1. The minimum absolute atomic E-state index is 0.161. The van der Waals surface area contributed by atoms with Crippen molar-refractivity contribution in [3.05, 3.63) is 64.4 Å². The minimum atomic E-state index is -1.13. The molecule has 2 rings (SSSR count). The van der Waals surface area contributed by atoms with Crippen LogP contribution >= 0.6 is 0 Å². The van der Waals surface area contributed by atoms with E-state index in [0.29, 0.717) is 4.90 Å². The van der Waals surface area contributed by atoms with E-state index >= 15 is 0 Å². The number of imide groups is 1. The average molecular weight is 272 g/mol. The van der Waals surface area contributed by atoms with E-state index in [-0.39, 0.29) is 5.69 Å². The average Bonchev–Trinajstić information content (AvgIpc) is 2.70. The standard InChI is InChI=1S/C13H8N2O5/c1-2-9(16)10-11(15(19)20)13(18)14(12(10)17)8-6-4-3-5-7-8/h2-7H,1H2. The zero-order valence-electron chi connectivity index (χ0n) is 10.1.